The van der Waals surface area contributed by atoms with Crippen LogP contribution in [0, 0.1) is 0 Å². The molecule has 4 aromatic rings. The van der Waals surface area contributed by atoms with Gasteiger partial charge in [0.15, 0.2) is 0 Å². The fourth-order valence-corrected chi connectivity index (χ4v) is 4.87. The zero-order chi connectivity index (χ0) is 24.1. The van der Waals surface area contributed by atoms with Crippen LogP contribution in [0.3, 0.4) is 0 Å². The molecule has 1 N–H and O–H groups in total. The SMILES string of the molecule is CN1Cc2cc(Nc3ncnc4cc(-c5ncccc5C(F)(F)F)ccc34)ccc2C(C)(C)C1. The third-order valence-electron chi connectivity index (χ3n) is 6.23. The highest BCUT2D eigenvalue weighted by molar-refractivity contribution is 5.93. The number of nitrogens with zero attached hydrogens (tertiary/aromatic N) is 4. The molecule has 0 fully saturated rings. The average molecular weight is 464 g/mol. The lowest BCUT2D eigenvalue weighted by atomic mass is 9.78. The zero-order valence-electron chi connectivity index (χ0n) is 19.1. The number of fused-ring (bicyclic) bond motifs is 2. The number of rotatable bonds is 3. The molecule has 0 aliphatic carbocycles. The van der Waals surface area contributed by atoms with Gasteiger partial charge in [0, 0.05) is 41.3 Å². The van der Waals surface area contributed by atoms with Crippen LogP contribution in [-0.2, 0) is 18.1 Å². The molecule has 34 heavy (non-hydrogen) atoms. The molecular formula is C26H24F3N5. The Morgan fingerprint density at radius 3 is 2.62 bits per heavy atom. The van der Waals surface area contributed by atoms with E-state index in [2.05, 4.69) is 58.2 Å². The Bertz CT molecular complexity index is 1380. The number of halogens is 3. The van der Waals surface area contributed by atoms with E-state index in [0.717, 1.165) is 24.8 Å². The number of pyridine rings is 1. The molecule has 1 aliphatic heterocycles. The molecule has 0 unspecified atom stereocenters. The van der Waals surface area contributed by atoms with Crippen LogP contribution in [-0.4, -0.2) is 33.4 Å². The molecule has 174 valence electrons. The number of alkyl halides is 3. The van der Waals surface area contributed by atoms with E-state index in [-0.39, 0.29) is 11.1 Å². The summed E-state index contributed by atoms with van der Waals surface area (Å²) in [5, 5.41) is 4.08. The molecular weight excluding hydrogens is 439 g/mol. The Labute approximate surface area is 195 Å². The molecule has 0 amide bonds. The maximum absolute atomic E-state index is 13.5. The fraction of sp³-hybridized carbons (Fsp3) is 0.269. The molecule has 0 saturated carbocycles. The first-order valence-corrected chi connectivity index (χ1v) is 11.0. The highest BCUT2D eigenvalue weighted by Gasteiger charge is 2.34. The standard InChI is InChI=1S/C26H24F3N5/c1-25(2)14-34(3)13-17-11-18(7-9-20(17)25)33-24-19-8-6-16(12-22(19)31-15-32-24)23-21(26(27,28)29)5-4-10-30-23/h4-12,15H,13-14H2,1-3H3,(H,31,32,33). The Morgan fingerprint density at radius 2 is 1.82 bits per heavy atom. The van der Waals surface area contributed by atoms with Gasteiger partial charge in [0.05, 0.1) is 16.8 Å². The molecule has 2 aromatic heterocycles. The minimum atomic E-state index is -4.49. The fourth-order valence-electron chi connectivity index (χ4n) is 4.87. The van der Waals surface area contributed by atoms with Crippen LogP contribution in [0.4, 0.5) is 24.7 Å². The third kappa shape index (κ3) is 4.09. The van der Waals surface area contributed by atoms with E-state index in [4.69, 9.17) is 0 Å². The smallest absolute Gasteiger partial charge is 0.340 e. The number of likely N-dealkylation sites (N-methyl/N-ethyl adjacent to an activating group) is 1. The molecule has 5 rings (SSSR count). The normalized spacial score (nSPS) is 15.8. The van der Waals surface area contributed by atoms with E-state index in [1.54, 1.807) is 18.2 Å². The van der Waals surface area contributed by atoms with E-state index in [1.807, 2.05) is 6.07 Å². The van der Waals surface area contributed by atoms with Crippen molar-refractivity contribution in [2.45, 2.75) is 32.0 Å². The van der Waals surface area contributed by atoms with Gasteiger partial charge in [0.25, 0.3) is 0 Å². The van der Waals surface area contributed by atoms with E-state index < -0.39 is 11.7 Å². The van der Waals surface area contributed by atoms with Gasteiger partial charge in [-0.15, -0.1) is 0 Å². The quantitative estimate of drug-likeness (QED) is 0.393. The Kier molecular flexibility index (Phi) is 5.28. The summed E-state index contributed by atoms with van der Waals surface area (Å²) in [6.45, 7) is 6.36. The molecule has 2 aromatic carbocycles. The molecule has 0 spiro atoms. The second-order valence-corrected chi connectivity index (χ2v) is 9.40. The second kappa shape index (κ2) is 8.06. The Morgan fingerprint density at radius 1 is 1.00 bits per heavy atom. The highest BCUT2D eigenvalue weighted by Crippen LogP contribution is 2.38. The van der Waals surface area contributed by atoms with Gasteiger partial charge < -0.3 is 10.2 Å². The van der Waals surface area contributed by atoms with Crippen LogP contribution in [0.5, 0.6) is 0 Å². The molecule has 0 saturated heterocycles. The summed E-state index contributed by atoms with van der Waals surface area (Å²) in [7, 11) is 2.12. The van der Waals surface area contributed by atoms with Crippen LogP contribution in [0.1, 0.15) is 30.5 Å². The summed E-state index contributed by atoms with van der Waals surface area (Å²) in [5.74, 6) is 0.594. The molecule has 0 radical (unpaired) electrons. The molecule has 0 atom stereocenters. The van der Waals surface area contributed by atoms with E-state index in [9.17, 15) is 13.2 Å². The van der Waals surface area contributed by atoms with E-state index in [0.29, 0.717) is 22.3 Å². The van der Waals surface area contributed by atoms with E-state index in [1.165, 1.54) is 29.7 Å². The van der Waals surface area contributed by atoms with Crippen LogP contribution in [0.15, 0.2) is 61.1 Å². The first kappa shape index (κ1) is 22.3. The highest BCUT2D eigenvalue weighted by atomic mass is 19.4. The van der Waals surface area contributed by atoms with Gasteiger partial charge >= 0.3 is 6.18 Å². The number of hydrogen-bond acceptors (Lipinski definition) is 5. The minimum Gasteiger partial charge on any atom is -0.340 e. The van der Waals surface area contributed by atoms with Crippen LogP contribution in [0.25, 0.3) is 22.2 Å². The monoisotopic (exact) mass is 463 g/mol. The van der Waals surface area contributed by atoms with Gasteiger partial charge in [0.1, 0.15) is 12.1 Å². The van der Waals surface area contributed by atoms with Crippen molar-refractivity contribution in [1.82, 2.24) is 19.9 Å². The van der Waals surface area contributed by atoms with Crippen LogP contribution in [0.2, 0.25) is 0 Å². The van der Waals surface area contributed by atoms with Gasteiger partial charge in [-0.05, 0) is 54.6 Å². The molecule has 0 bridgehead atoms. The molecule has 8 heteroatoms. The largest absolute Gasteiger partial charge is 0.418 e. The van der Waals surface area contributed by atoms with Crippen molar-refractivity contribution in [3.8, 4) is 11.3 Å². The predicted molar refractivity (Wildman–Crippen MR) is 127 cm³/mol. The van der Waals surface area contributed by atoms with Gasteiger partial charge in [-0.25, -0.2) is 9.97 Å². The molecule has 1 aliphatic rings. The number of aromatic nitrogens is 3. The second-order valence-electron chi connectivity index (χ2n) is 9.40. The number of hydrogen-bond donors (Lipinski definition) is 1. The summed E-state index contributed by atoms with van der Waals surface area (Å²) in [4.78, 5) is 15.0. The summed E-state index contributed by atoms with van der Waals surface area (Å²) in [5.41, 5.74) is 3.56. The minimum absolute atomic E-state index is 0.0691. The van der Waals surface area contributed by atoms with Crippen molar-refractivity contribution in [2.75, 3.05) is 18.9 Å². The average Bonchev–Trinajstić information content (AvgIpc) is 2.77. The lowest BCUT2D eigenvalue weighted by molar-refractivity contribution is -0.137. The molecule has 5 nitrogen and oxygen atoms in total. The summed E-state index contributed by atoms with van der Waals surface area (Å²) in [6.07, 6.45) is -1.73. The number of anilines is 2. The predicted octanol–water partition coefficient (Wildman–Crippen LogP) is 6.18. The maximum Gasteiger partial charge on any atom is 0.418 e. The van der Waals surface area contributed by atoms with Crippen molar-refractivity contribution in [1.29, 1.82) is 0 Å². The van der Waals surface area contributed by atoms with Crippen molar-refractivity contribution < 1.29 is 13.2 Å². The molecule has 3 heterocycles. The van der Waals surface area contributed by atoms with Gasteiger partial charge in [-0.2, -0.15) is 13.2 Å². The number of nitrogens with one attached hydrogen (secondary N) is 1. The Hall–Kier alpha value is -3.52. The topological polar surface area (TPSA) is 53.9 Å². The van der Waals surface area contributed by atoms with Crippen molar-refractivity contribution in [2.24, 2.45) is 0 Å². The number of benzene rings is 2. The first-order chi connectivity index (χ1) is 16.1. The lowest BCUT2D eigenvalue weighted by Crippen LogP contribution is -2.39. The van der Waals surface area contributed by atoms with Crippen LogP contribution >= 0.6 is 0 Å². The third-order valence-corrected chi connectivity index (χ3v) is 6.23. The van der Waals surface area contributed by atoms with E-state index >= 15 is 0 Å². The van der Waals surface area contributed by atoms with Crippen molar-refractivity contribution >= 4 is 22.4 Å². The lowest BCUT2D eigenvalue weighted by Gasteiger charge is -2.38. The first-order valence-electron chi connectivity index (χ1n) is 11.0. The van der Waals surface area contributed by atoms with Crippen LogP contribution < -0.4 is 5.32 Å². The van der Waals surface area contributed by atoms with Gasteiger partial charge in [-0.1, -0.05) is 26.0 Å². The summed E-state index contributed by atoms with van der Waals surface area (Å²) >= 11 is 0. The van der Waals surface area contributed by atoms with Gasteiger partial charge in [0.2, 0.25) is 0 Å². The zero-order valence-corrected chi connectivity index (χ0v) is 19.1. The van der Waals surface area contributed by atoms with Crippen molar-refractivity contribution in [3.05, 3.63) is 77.7 Å². The summed E-state index contributed by atoms with van der Waals surface area (Å²) in [6, 6.07) is 13.6. The Balaban J connectivity index is 1.51. The van der Waals surface area contributed by atoms with Gasteiger partial charge in [-0.3, -0.25) is 4.98 Å². The summed E-state index contributed by atoms with van der Waals surface area (Å²) < 4.78 is 40.4. The van der Waals surface area contributed by atoms with Crippen molar-refractivity contribution in [3.63, 3.8) is 0 Å². The maximum atomic E-state index is 13.5.